The van der Waals surface area contributed by atoms with Crippen LogP contribution in [0.2, 0.25) is 0 Å². The Morgan fingerprint density at radius 2 is 1.81 bits per heavy atom. The highest BCUT2D eigenvalue weighted by molar-refractivity contribution is 7.80. The average molecular weight is 370 g/mol. The molecule has 2 aromatic carbocycles. The highest BCUT2D eigenvalue weighted by Crippen LogP contribution is 2.15. The molecule has 2 rings (SSSR count). The van der Waals surface area contributed by atoms with Gasteiger partial charge in [-0.15, -0.1) is 0 Å². The lowest BCUT2D eigenvalue weighted by Gasteiger charge is -2.10. The van der Waals surface area contributed by atoms with Crippen LogP contribution in [0.15, 0.2) is 53.6 Å². The zero-order valence-electron chi connectivity index (χ0n) is 15.0. The van der Waals surface area contributed by atoms with Crippen molar-refractivity contribution in [1.82, 2.24) is 5.43 Å². The number of carbonyl (C=O) groups is 1. The molecule has 7 heteroatoms. The van der Waals surface area contributed by atoms with Gasteiger partial charge >= 0.3 is 0 Å². The normalized spacial score (nSPS) is 10.8. The second-order valence-electron chi connectivity index (χ2n) is 5.48. The van der Waals surface area contributed by atoms with Gasteiger partial charge in [0.2, 0.25) is 5.91 Å². The molecule has 0 saturated carbocycles. The van der Waals surface area contributed by atoms with Gasteiger partial charge < -0.3 is 15.4 Å². The van der Waals surface area contributed by atoms with E-state index < -0.39 is 0 Å². The van der Waals surface area contributed by atoms with E-state index in [1.54, 1.807) is 0 Å². The van der Waals surface area contributed by atoms with Crippen molar-refractivity contribution < 1.29 is 9.53 Å². The Morgan fingerprint density at radius 3 is 2.46 bits per heavy atom. The van der Waals surface area contributed by atoms with Gasteiger partial charge in [-0.25, -0.2) is 0 Å². The van der Waals surface area contributed by atoms with Crippen LogP contribution in [-0.4, -0.2) is 23.3 Å². The van der Waals surface area contributed by atoms with Gasteiger partial charge in [0.25, 0.3) is 0 Å². The molecule has 0 heterocycles. The molecule has 136 valence electrons. The van der Waals surface area contributed by atoms with E-state index in [9.17, 15) is 4.79 Å². The first-order chi connectivity index (χ1) is 12.5. The summed E-state index contributed by atoms with van der Waals surface area (Å²) in [5, 5.41) is 10.5. The van der Waals surface area contributed by atoms with Crippen LogP contribution in [0.5, 0.6) is 5.75 Å². The minimum Gasteiger partial charge on any atom is -0.494 e. The van der Waals surface area contributed by atoms with Gasteiger partial charge in [-0.2, -0.15) is 5.10 Å². The standard InChI is InChI=1S/C19H22N4O2S/c1-4-25-18-10-8-16(9-11-18)21-19(26)23-22-13(2)15-6-5-7-17(12-15)20-14(3)24/h5-12H,4H2,1-3H3,(H,20,24)(H2,21,23,26)/b22-13-. The van der Waals surface area contributed by atoms with Gasteiger partial charge in [-0.05, 0) is 68.0 Å². The first kappa shape index (κ1) is 19.4. The van der Waals surface area contributed by atoms with Gasteiger partial charge in [0.05, 0.1) is 12.3 Å². The Morgan fingerprint density at radius 1 is 1.08 bits per heavy atom. The van der Waals surface area contributed by atoms with E-state index in [2.05, 4.69) is 21.2 Å². The Bertz CT molecular complexity index is 803. The number of nitrogens with zero attached hydrogens (tertiary/aromatic N) is 1. The molecule has 0 saturated heterocycles. The number of nitrogens with one attached hydrogen (secondary N) is 3. The quantitative estimate of drug-likeness (QED) is 0.410. The summed E-state index contributed by atoms with van der Waals surface area (Å²) in [5.41, 5.74) is 6.01. The Labute approximate surface area is 158 Å². The van der Waals surface area contributed by atoms with Crippen LogP contribution in [-0.2, 0) is 4.79 Å². The molecule has 0 unspecified atom stereocenters. The number of benzene rings is 2. The summed E-state index contributed by atoms with van der Waals surface area (Å²) < 4.78 is 5.40. The van der Waals surface area contributed by atoms with E-state index >= 15 is 0 Å². The lowest BCUT2D eigenvalue weighted by molar-refractivity contribution is -0.114. The summed E-state index contributed by atoms with van der Waals surface area (Å²) in [7, 11) is 0. The predicted molar refractivity (Wildman–Crippen MR) is 110 cm³/mol. The summed E-state index contributed by atoms with van der Waals surface area (Å²) in [6.45, 7) is 5.90. The van der Waals surface area contributed by atoms with Crippen molar-refractivity contribution in [3.63, 3.8) is 0 Å². The zero-order valence-corrected chi connectivity index (χ0v) is 15.8. The molecule has 0 aliphatic carbocycles. The van der Waals surface area contributed by atoms with Crippen LogP contribution >= 0.6 is 12.2 Å². The summed E-state index contributed by atoms with van der Waals surface area (Å²) >= 11 is 5.25. The molecule has 1 amide bonds. The number of carbonyl (C=O) groups excluding carboxylic acids is 1. The minimum absolute atomic E-state index is 0.115. The summed E-state index contributed by atoms with van der Waals surface area (Å²) in [6, 6.07) is 14.9. The van der Waals surface area contributed by atoms with Crippen molar-refractivity contribution in [1.29, 1.82) is 0 Å². The Hall–Kier alpha value is -2.93. The molecule has 0 aromatic heterocycles. The third-order valence-corrected chi connectivity index (χ3v) is 3.54. The average Bonchev–Trinajstić information content (AvgIpc) is 2.61. The van der Waals surface area contributed by atoms with Crippen molar-refractivity contribution in [2.24, 2.45) is 5.10 Å². The van der Waals surface area contributed by atoms with Crippen molar-refractivity contribution in [3.05, 3.63) is 54.1 Å². The van der Waals surface area contributed by atoms with Crippen LogP contribution in [0.1, 0.15) is 26.3 Å². The lowest BCUT2D eigenvalue weighted by atomic mass is 10.1. The third-order valence-electron chi connectivity index (χ3n) is 3.35. The molecule has 0 bridgehead atoms. The van der Waals surface area contributed by atoms with Crippen LogP contribution in [0.25, 0.3) is 0 Å². The maximum Gasteiger partial charge on any atom is 0.221 e. The highest BCUT2D eigenvalue weighted by Gasteiger charge is 2.02. The van der Waals surface area contributed by atoms with Crippen molar-refractivity contribution in [2.45, 2.75) is 20.8 Å². The van der Waals surface area contributed by atoms with E-state index in [1.807, 2.05) is 62.4 Å². The molecule has 0 spiro atoms. The molecule has 0 fully saturated rings. The first-order valence-electron chi connectivity index (χ1n) is 8.20. The lowest BCUT2D eigenvalue weighted by Crippen LogP contribution is -2.25. The summed E-state index contributed by atoms with van der Waals surface area (Å²) in [6.07, 6.45) is 0. The van der Waals surface area contributed by atoms with Gasteiger partial charge in [0, 0.05) is 18.3 Å². The fraction of sp³-hybridized carbons (Fsp3) is 0.211. The SMILES string of the molecule is CCOc1ccc(NC(=S)N/N=C(/C)c2cccc(NC(C)=O)c2)cc1. The van der Waals surface area contributed by atoms with Crippen molar-refractivity contribution in [3.8, 4) is 5.75 Å². The van der Waals surface area contributed by atoms with Crippen LogP contribution in [0, 0.1) is 0 Å². The Kier molecular flexibility index (Phi) is 7.11. The van der Waals surface area contributed by atoms with E-state index in [-0.39, 0.29) is 5.91 Å². The zero-order chi connectivity index (χ0) is 18.9. The van der Waals surface area contributed by atoms with E-state index in [0.29, 0.717) is 11.7 Å². The molecular weight excluding hydrogens is 348 g/mol. The number of ether oxygens (including phenoxy) is 1. The smallest absolute Gasteiger partial charge is 0.221 e. The van der Waals surface area contributed by atoms with E-state index in [0.717, 1.165) is 28.4 Å². The number of thiocarbonyl (C=S) groups is 1. The third kappa shape index (κ3) is 6.18. The van der Waals surface area contributed by atoms with Crippen molar-refractivity contribution in [2.75, 3.05) is 17.2 Å². The monoisotopic (exact) mass is 370 g/mol. The number of anilines is 2. The molecule has 6 nitrogen and oxygen atoms in total. The van der Waals surface area contributed by atoms with Gasteiger partial charge in [0.1, 0.15) is 5.75 Å². The molecular formula is C19H22N4O2S. The van der Waals surface area contributed by atoms with Gasteiger partial charge in [-0.1, -0.05) is 12.1 Å². The van der Waals surface area contributed by atoms with Crippen LogP contribution < -0.4 is 20.8 Å². The largest absolute Gasteiger partial charge is 0.494 e. The van der Waals surface area contributed by atoms with Crippen LogP contribution in [0.3, 0.4) is 0 Å². The first-order valence-corrected chi connectivity index (χ1v) is 8.61. The van der Waals surface area contributed by atoms with Gasteiger partial charge in [0.15, 0.2) is 5.11 Å². The predicted octanol–water partition coefficient (Wildman–Crippen LogP) is 3.75. The number of amides is 1. The second kappa shape index (κ2) is 9.53. The fourth-order valence-electron chi connectivity index (χ4n) is 2.18. The second-order valence-corrected chi connectivity index (χ2v) is 5.89. The van der Waals surface area contributed by atoms with E-state index in [4.69, 9.17) is 17.0 Å². The van der Waals surface area contributed by atoms with Gasteiger partial charge in [-0.3, -0.25) is 10.2 Å². The molecule has 0 radical (unpaired) electrons. The topological polar surface area (TPSA) is 74.8 Å². The molecule has 2 aromatic rings. The van der Waals surface area contributed by atoms with Crippen molar-refractivity contribution >= 4 is 40.3 Å². The molecule has 26 heavy (non-hydrogen) atoms. The Balaban J connectivity index is 1.95. The number of hydrogen-bond acceptors (Lipinski definition) is 4. The number of hydrazone groups is 1. The molecule has 0 atom stereocenters. The van der Waals surface area contributed by atoms with Crippen LogP contribution in [0.4, 0.5) is 11.4 Å². The maximum atomic E-state index is 11.2. The molecule has 0 aliphatic heterocycles. The number of hydrogen-bond donors (Lipinski definition) is 3. The number of rotatable bonds is 6. The summed E-state index contributed by atoms with van der Waals surface area (Å²) in [4.78, 5) is 11.2. The van der Waals surface area contributed by atoms with E-state index in [1.165, 1.54) is 6.92 Å². The molecule has 3 N–H and O–H groups in total. The molecule has 0 aliphatic rings. The minimum atomic E-state index is -0.115. The highest BCUT2D eigenvalue weighted by atomic mass is 32.1. The summed E-state index contributed by atoms with van der Waals surface area (Å²) in [5.74, 6) is 0.695. The fourth-order valence-corrected chi connectivity index (χ4v) is 2.35. The maximum absolute atomic E-state index is 11.2.